The number of likely N-dealkylation sites (N-methyl/N-ethyl adjacent to an activating group) is 1. The molecule has 0 saturated carbocycles. The third-order valence-electron chi connectivity index (χ3n) is 3.15. The summed E-state index contributed by atoms with van der Waals surface area (Å²) >= 11 is 5.98. The molecular formula is C16H27ClN2. The van der Waals surface area contributed by atoms with Gasteiger partial charge in [0.15, 0.2) is 0 Å². The summed E-state index contributed by atoms with van der Waals surface area (Å²) in [6.45, 7) is 8.75. The molecule has 1 aromatic carbocycles. The molecule has 0 spiro atoms. The normalized spacial score (nSPS) is 11.5. The minimum Gasteiger partial charge on any atom is -0.315 e. The number of hydrogen-bond acceptors (Lipinski definition) is 2. The van der Waals surface area contributed by atoms with E-state index in [1.807, 2.05) is 18.2 Å². The summed E-state index contributed by atoms with van der Waals surface area (Å²) in [5, 5.41) is 4.32. The second-order valence-electron chi connectivity index (χ2n) is 5.65. The van der Waals surface area contributed by atoms with Gasteiger partial charge in [0, 0.05) is 24.7 Å². The second-order valence-corrected chi connectivity index (χ2v) is 6.09. The Balaban J connectivity index is 2.09. The number of benzene rings is 1. The van der Waals surface area contributed by atoms with Crippen molar-refractivity contribution in [2.75, 3.05) is 26.7 Å². The van der Waals surface area contributed by atoms with Gasteiger partial charge in [-0.15, -0.1) is 0 Å². The first-order valence-corrected chi connectivity index (χ1v) is 7.59. The van der Waals surface area contributed by atoms with Crippen LogP contribution in [0.5, 0.6) is 0 Å². The summed E-state index contributed by atoms with van der Waals surface area (Å²) in [5.41, 5.74) is 1.27. The Morgan fingerprint density at radius 2 is 2.05 bits per heavy atom. The van der Waals surface area contributed by atoms with E-state index >= 15 is 0 Å². The Morgan fingerprint density at radius 3 is 2.74 bits per heavy atom. The van der Waals surface area contributed by atoms with Crippen molar-refractivity contribution in [3.05, 3.63) is 34.9 Å². The van der Waals surface area contributed by atoms with Crippen molar-refractivity contribution >= 4 is 11.6 Å². The smallest absolute Gasteiger partial charge is 0.0409 e. The lowest BCUT2D eigenvalue weighted by atomic mass is 10.1. The molecule has 0 radical (unpaired) electrons. The summed E-state index contributed by atoms with van der Waals surface area (Å²) < 4.78 is 0. The Hall–Kier alpha value is -0.570. The van der Waals surface area contributed by atoms with Crippen LogP contribution in [-0.4, -0.2) is 31.6 Å². The van der Waals surface area contributed by atoms with Crippen molar-refractivity contribution in [2.24, 2.45) is 5.92 Å². The Morgan fingerprint density at radius 1 is 1.26 bits per heavy atom. The summed E-state index contributed by atoms with van der Waals surface area (Å²) in [5.74, 6) is 0.812. The number of nitrogens with zero attached hydrogens (tertiary/aromatic N) is 1. The Bertz CT molecular complexity index is 352. The lowest BCUT2D eigenvalue weighted by Crippen LogP contribution is -2.29. The van der Waals surface area contributed by atoms with E-state index in [1.54, 1.807) is 0 Å². The number of halogens is 1. The SMILES string of the molecule is CC(C)CCCNCCN(C)Cc1cccc(Cl)c1. The Kier molecular flexibility index (Phi) is 8.11. The first-order valence-electron chi connectivity index (χ1n) is 7.21. The fourth-order valence-corrected chi connectivity index (χ4v) is 2.27. The predicted octanol–water partition coefficient (Wildman–Crippen LogP) is 3.80. The van der Waals surface area contributed by atoms with E-state index in [2.05, 4.69) is 37.2 Å². The molecule has 1 rings (SSSR count). The molecule has 0 bridgehead atoms. The van der Waals surface area contributed by atoms with Gasteiger partial charge in [-0.3, -0.25) is 0 Å². The average molecular weight is 283 g/mol. The number of hydrogen-bond donors (Lipinski definition) is 1. The molecule has 0 aliphatic rings. The fourth-order valence-electron chi connectivity index (χ4n) is 2.06. The summed E-state index contributed by atoms with van der Waals surface area (Å²) in [6.07, 6.45) is 2.58. The highest BCUT2D eigenvalue weighted by Gasteiger charge is 2.01. The molecule has 19 heavy (non-hydrogen) atoms. The van der Waals surface area contributed by atoms with Gasteiger partial charge in [-0.05, 0) is 50.0 Å². The lowest BCUT2D eigenvalue weighted by Gasteiger charge is -2.17. The molecule has 0 atom stereocenters. The Labute approximate surface area is 123 Å². The zero-order valence-electron chi connectivity index (χ0n) is 12.5. The quantitative estimate of drug-likeness (QED) is 0.693. The molecule has 1 aromatic rings. The molecule has 108 valence electrons. The monoisotopic (exact) mass is 282 g/mol. The van der Waals surface area contributed by atoms with Crippen LogP contribution in [0.1, 0.15) is 32.3 Å². The molecule has 0 fully saturated rings. The standard InChI is InChI=1S/C16H27ClN2/c1-14(2)6-5-9-18-10-11-19(3)13-15-7-4-8-16(17)12-15/h4,7-8,12,14,18H,5-6,9-11,13H2,1-3H3. The zero-order valence-corrected chi connectivity index (χ0v) is 13.2. The van der Waals surface area contributed by atoms with Crippen molar-refractivity contribution in [1.82, 2.24) is 10.2 Å². The minimum absolute atomic E-state index is 0.812. The molecule has 0 saturated heterocycles. The first-order chi connectivity index (χ1) is 9.08. The number of rotatable bonds is 9. The summed E-state index contributed by atoms with van der Waals surface area (Å²) in [6, 6.07) is 8.09. The van der Waals surface area contributed by atoms with E-state index in [9.17, 15) is 0 Å². The van der Waals surface area contributed by atoms with Crippen LogP contribution in [0.25, 0.3) is 0 Å². The molecule has 0 heterocycles. The summed E-state index contributed by atoms with van der Waals surface area (Å²) in [7, 11) is 2.15. The zero-order chi connectivity index (χ0) is 14.1. The average Bonchev–Trinajstić information content (AvgIpc) is 2.33. The number of nitrogens with one attached hydrogen (secondary N) is 1. The van der Waals surface area contributed by atoms with Gasteiger partial charge >= 0.3 is 0 Å². The topological polar surface area (TPSA) is 15.3 Å². The third kappa shape index (κ3) is 8.25. The van der Waals surface area contributed by atoms with E-state index in [-0.39, 0.29) is 0 Å². The molecule has 0 unspecified atom stereocenters. The van der Waals surface area contributed by atoms with Gasteiger partial charge in [-0.1, -0.05) is 37.6 Å². The van der Waals surface area contributed by atoms with Crippen LogP contribution < -0.4 is 5.32 Å². The lowest BCUT2D eigenvalue weighted by molar-refractivity contribution is 0.323. The van der Waals surface area contributed by atoms with Crippen LogP contribution in [0, 0.1) is 5.92 Å². The van der Waals surface area contributed by atoms with Crippen molar-refractivity contribution < 1.29 is 0 Å². The molecule has 0 aromatic heterocycles. The maximum absolute atomic E-state index is 5.98. The van der Waals surface area contributed by atoms with Crippen LogP contribution in [0.4, 0.5) is 0 Å². The van der Waals surface area contributed by atoms with Crippen molar-refractivity contribution in [1.29, 1.82) is 0 Å². The van der Waals surface area contributed by atoms with E-state index in [1.165, 1.54) is 18.4 Å². The van der Waals surface area contributed by atoms with E-state index < -0.39 is 0 Å². The van der Waals surface area contributed by atoms with Gasteiger partial charge in [-0.25, -0.2) is 0 Å². The molecule has 0 aliphatic carbocycles. The molecule has 0 amide bonds. The second kappa shape index (κ2) is 9.35. The van der Waals surface area contributed by atoms with Crippen molar-refractivity contribution in [3.63, 3.8) is 0 Å². The van der Waals surface area contributed by atoms with E-state index in [0.717, 1.165) is 37.1 Å². The fraction of sp³-hybridized carbons (Fsp3) is 0.625. The van der Waals surface area contributed by atoms with Crippen molar-refractivity contribution in [2.45, 2.75) is 33.2 Å². The van der Waals surface area contributed by atoms with E-state index in [0.29, 0.717) is 0 Å². The van der Waals surface area contributed by atoms with Crippen LogP contribution >= 0.6 is 11.6 Å². The predicted molar refractivity (Wildman–Crippen MR) is 84.7 cm³/mol. The maximum Gasteiger partial charge on any atom is 0.0409 e. The molecule has 1 N–H and O–H groups in total. The van der Waals surface area contributed by atoms with E-state index in [4.69, 9.17) is 11.6 Å². The van der Waals surface area contributed by atoms with Gasteiger partial charge < -0.3 is 10.2 Å². The van der Waals surface area contributed by atoms with Crippen LogP contribution in [0.3, 0.4) is 0 Å². The summed E-state index contributed by atoms with van der Waals surface area (Å²) in [4.78, 5) is 2.32. The highest BCUT2D eigenvalue weighted by molar-refractivity contribution is 6.30. The van der Waals surface area contributed by atoms with Gasteiger partial charge in [0.1, 0.15) is 0 Å². The van der Waals surface area contributed by atoms with Crippen LogP contribution in [0.2, 0.25) is 5.02 Å². The first kappa shape index (κ1) is 16.5. The van der Waals surface area contributed by atoms with Gasteiger partial charge in [0.25, 0.3) is 0 Å². The molecule has 3 heteroatoms. The molecular weight excluding hydrogens is 256 g/mol. The van der Waals surface area contributed by atoms with Gasteiger partial charge in [0.05, 0.1) is 0 Å². The van der Waals surface area contributed by atoms with Crippen LogP contribution in [-0.2, 0) is 6.54 Å². The van der Waals surface area contributed by atoms with Gasteiger partial charge in [0.2, 0.25) is 0 Å². The molecule has 2 nitrogen and oxygen atoms in total. The van der Waals surface area contributed by atoms with Crippen molar-refractivity contribution in [3.8, 4) is 0 Å². The maximum atomic E-state index is 5.98. The highest BCUT2D eigenvalue weighted by atomic mass is 35.5. The third-order valence-corrected chi connectivity index (χ3v) is 3.38. The molecule has 0 aliphatic heterocycles. The highest BCUT2D eigenvalue weighted by Crippen LogP contribution is 2.11. The largest absolute Gasteiger partial charge is 0.315 e. The van der Waals surface area contributed by atoms with Gasteiger partial charge in [-0.2, -0.15) is 0 Å². The minimum atomic E-state index is 0.812. The van der Waals surface area contributed by atoms with Crippen LogP contribution in [0.15, 0.2) is 24.3 Å².